The summed E-state index contributed by atoms with van der Waals surface area (Å²) in [6.07, 6.45) is -5.96. The summed E-state index contributed by atoms with van der Waals surface area (Å²) in [6.45, 7) is 6.01. The lowest BCUT2D eigenvalue weighted by atomic mass is 9.94. The molecule has 2 atom stereocenters. The molecule has 0 spiro atoms. The molecular weight excluding hydrogens is 529 g/mol. The van der Waals surface area contributed by atoms with Crippen molar-refractivity contribution in [3.8, 4) is 17.2 Å². The highest BCUT2D eigenvalue weighted by molar-refractivity contribution is 7.92. The third-order valence-electron chi connectivity index (χ3n) is 5.85. The topological polar surface area (TPSA) is 99.1 Å². The first kappa shape index (κ1) is 31.2. The van der Waals surface area contributed by atoms with Gasteiger partial charge in [-0.15, -0.1) is 0 Å². The summed E-state index contributed by atoms with van der Waals surface area (Å²) >= 11 is 0. The molecule has 0 heterocycles. The van der Waals surface area contributed by atoms with Gasteiger partial charge in [-0.05, 0) is 55.0 Å². The van der Waals surface area contributed by atoms with Gasteiger partial charge in [-0.3, -0.25) is 10.1 Å². The van der Waals surface area contributed by atoms with Crippen LogP contribution in [0.15, 0.2) is 53.4 Å². The second-order valence-corrected chi connectivity index (χ2v) is 12.0. The van der Waals surface area contributed by atoms with E-state index in [0.717, 1.165) is 12.1 Å². The molecule has 0 radical (unpaired) electrons. The summed E-state index contributed by atoms with van der Waals surface area (Å²) in [7, 11) is -3.51. The van der Waals surface area contributed by atoms with Crippen molar-refractivity contribution in [2.75, 3.05) is 6.54 Å². The highest BCUT2D eigenvalue weighted by Crippen LogP contribution is 2.45. The number of alkyl halides is 5. The standard InChI is InChI=1S/C26H30F5N3O3S/c1-16(2)15-22(24(35)33-14-13-32)34-23(25(27,28)26(29,30)31)20-7-5-18(6-8-20)19-9-11-21(12-10-19)38(36,37)17(3)4/h5-12,16-17,22-23,34H,14-15H2,1-4H3,(H,33,35)/t22-,23-/m0/s1. The van der Waals surface area contributed by atoms with Crippen molar-refractivity contribution in [3.63, 3.8) is 0 Å². The minimum Gasteiger partial charge on any atom is -0.342 e. The number of amides is 1. The largest absolute Gasteiger partial charge is 0.455 e. The lowest BCUT2D eigenvalue weighted by Crippen LogP contribution is -2.54. The minimum atomic E-state index is -5.91. The Hall–Kier alpha value is -3.04. The van der Waals surface area contributed by atoms with E-state index in [1.165, 1.54) is 36.4 Å². The fourth-order valence-electron chi connectivity index (χ4n) is 3.72. The number of hydrogen-bond acceptors (Lipinski definition) is 5. The van der Waals surface area contributed by atoms with Gasteiger partial charge in [-0.1, -0.05) is 50.2 Å². The van der Waals surface area contributed by atoms with Gasteiger partial charge in [0.2, 0.25) is 5.91 Å². The molecule has 1 amide bonds. The number of halogens is 5. The molecule has 0 aliphatic carbocycles. The molecule has 208 valence electrons. The average molecular weight is 560 g/mol. The summed E-state index contributed by atoms with van der Waals surface area (Å²) in [5.41, 5.74) is 0.582. The Kier molecular flexibility index (Phi) is 10.0. The Morgan fingerprint density at radius 1 is 0.921 bits per heavy atom. The predicted octanol–water partition coefficient (Wildman–Crippen LogP) is 5.42. The van der Waals surface area contributed by atoms with Crippen molar-refractivity contribution >= 4 is 15.7 Å². The van der Waals surface area contributed by atoms with E-state index in [4.69, 9.17) is 5.26 Å². The van der Waals surface area contributed by atoms with Crippen molar-refractivity contribution in [2.45, 2.75) is 68.4 Å². The van der Waals surface area contributed by atoms with Crippen LogP contribution in [0.1, 0.15) is 45.7 Å². The molecule has 0 fully saturated rings. The Bertz CT molecular complexity index is 1240. The lowest BCUT2D eigenvalue weighted by molar-refractivity contribution is -0.295. The van der Waals surface area contributed by atoms with Crippen molar-refractivity contribution in [1.82, 2.24) is 10.6 Å². The quantitative estimate of drug-likeness (QED) is 0.283. The highest BCUT2D eigenvalue weighted by Gasteiger charge is 2.63. The Morgan fingerprint density at radius 2 is 1.42 bits per heavy atom. The van der Waals surface area contributed by atoms with Gasteiger partial charge in [0, 0.05) is 0 Å². The summed E-state index contributed by atoms with van der Waals surface area (Å²) in [5, 5.41) is 12.5. The maximum atomic E-state index is 14.7. The second kappa shape index (κ2) is 12.2. The Morgan fingerprint density at radius 3 is 1.84 bits per heavy atom. The molecule has 0 aromatic heterocycles. The van der Waals surface area contributed by atoms with Gasteiger partial charge < -0.3 is 5.32 Å². The summed E-state index contributed by atoms with van der Waals surface area (Å²) in [4.78, 5) is 12.6. The number of nitriles is 1. The van der Waals surface area contributed by atoms with Crippen molar-refractivity contribution in [1.29, 1.82) is 5.26 Å². The molecule has 2 rings (SSSR count). The molecule has 38 heavy (non-hydrogen) atoms. The number of nitrogens with zero attached hydrogens (tertiary/aromatic N) is 1. The van der Waals surface area contributed by atoms with E-state index in [-0.39, 0.29) is 17.2 Å². The van der Waals surface area contributed by atoms with Crippen molar-refractivity contribution in [3.05, 3.63) is 54.1 Å². The van der Waals surface area contributed by atoms with Gasteiger partial charge in [0.15, 0.2) is 9.84 Å². The fraction of sp³-hybridized carbons (Fsp3) is 0.462. The molecule has 2 N–H and O–H groups in total. The van der Waals surface area contributed by atoms with Crippen LogP contribution in [-0.2, 0) is 14.6 Å². The molecule has 0 unspecified atom stereocenters. The number of hydrogen-bond donors (Lipinski definition) is 2. The van der Waals surface area contributed by atoms with Crippen LogP contribution in [-0.4, -0.2) is 44.3 Å². The van der Waals surface area contributed by atoms with Gasteiger partial charge >= 0.3 is 12.1 Å². The maximum Gasteiger partial charge on any atom is 0.455 e. The zero-order valence-electron chi connectivity index (χ0n) is 21.3. The Balaban J connectivity index is 2.45. The smallest absolute Gasteiger partial charge is 0.342 e. The molecule has 2 aromatic rings. The van der Waals surface area contributed by atoms with E-state index in [1.807, 2.05) is 0 Å². The van der Waals surface area contributed by atoms with Crippen LogP contribution in [0.3, 0.4) is 0 Å². The highest BCUT2D eigenvalue weighted by atomic mass is 32.2. The molecule has 2 aromatic carbocycles. The first-order chi connectivity index (χ1) is 17.5. The molecule has 0 saturated carbocycles. The zero-order chi connectivity index (χ0) is 28.9. The van der Waals surface area contributed by atoms with E-state index < -0.39 is 57.3 Å². The molecule has 6 nitrogen and oxygen atoms in total. The summed E-state index contributed by atoms with van der Waals surface area (Å²) in [5.74, 6) is -6.33. The first-order valence-corrected chi connectivity index (χ1v) is 13.4. The van der Waals surface area contributed by atoms with Gasteiger partial charge in [0.25, 0.3) is 0 Å². The number of carbonyl (C=O) groups excluding carboxylic acids is 1. The predicted molar refractivity (Wildman–Crippen MR) is 133 cm³/mol. The van der Waals surface area contributed by atoms with Gasteiger partial charge in [0.05, 0.1) is 22.3 Å². The van der Waals surface area contributed by atoms with Crippen LogP contribution in [0.5, 0.6) is 0 Å². The van der Waals surface area contributed by atoms with E-state index in [9.17, 15) is 35.2 Å². The lowest BCUT2D eigenvalue weighted by Gasteiger charge is -2.33. The number of nitrogens with one attached hydrogen (secondary N) is 2. The van der Waals surface area contributed by atoms with Crippen LogP contribution in [0.25, 0.3) is 11.1 Å². The second-order valence-electron chi connectivity index (χ2n) is 9.52. The van der Waals surface area contributed by atoms with Crippen LogP contribution in [0.4, 0.5) is 22.0 Å². The zero-order valence-corrected chi connectivity index (χ0v) is 22.1. The maximum absolute atomic E-state index is 14.7. The van der Waals surface area contributed by atoms with E-state index in [2.05, 4.69) is 10.6 Å². The third kappa shape index (κ3) is 7.29. The number of sulfone groups is 1. The van der Waals surface area contributed by atoms with E-state index in [1.54, 1.807) is 33.8 Å². The van der Waals surface area contributed by atoms with Gasteiger partial charge in [-0.25, -0.2) is 8.42 Å². The first-order valence-electron chi connectivity index (χ1n) is 11.8. The summed E-state index contributed by atoms with van der Waals surface area (Å²) in [6, 6.07) is 8.38. The molecule has 0 aliphatic heterocycles. The van der Waals surface area contributed by atoms with Crippen LogP contribution in [0, 0.1) is 17.2 Å². The minimum absolute atomic E-state index is 0.0502. The average Bonchev–Trinajstić information content (AvgIpc) is 2.84. The Labute approximate surface area is 219 Å². The van der Waals surface area contributed by atoms with E-state index >= 15 is 0 Å². The van der Waals surface area contributed by atoms with E-state index in [0.29, 0.717) is 11.1 Å². The number of rotatable bonds is 11. The molecule has 12 heteroatoms. The SMILES string of the molecule is CC(C)C[C@H](N[C@@H](c1ccc(-c2ccc(S(=O)(=O)C(C)C)cc2)cc1)C(F)(F)C(F)(F)F)C(=O)NCC#N. The molecule has 0 saturated heterocycles. The normalized spacial score (nSPS) is 14.3. The third-order valence-corrected chi connectivity index (χ3v) is 8.02. The summed E-state index contributed by atoms with van der Waals surface area (Å²) < 4.78 is 94.4. The van der Waals surface area contributed by atoms with Crippen molar-refractivity contribution in [2.24, 2.45) is 5.92 Å². The van der Waals surface area contributed by atoms with Crippen molar-refractivity contribution < 1.29 is 35.2 Å². The van der Waals surface area contributed by atoms with Crippen LogP contribution < -0.4 is 10.6 Å². The fourth-order valence-corrected chi connectivity index (χ4v) is 4.78. The molecule has 0 bridgehead atoms. The molecular formula is C26H30F5N3O3S. The van der Waals surface area contributed by atoms with Gasteiger partial charge in [0.1, 0.15) is 12.6 Å². The van der Waals surface area contributed by atoms with Gasteiger partial charge in [-0.2, -0.15) is 27.2 Å². The molecule has 0 aliphatic rings. The van der Waals surface area contributed by atoms with Crippen LogP contribution in [0.2, 0.25) is 0 Å². The van der Waals surface area contributed by atoms with Crippen LogP contribution >= 0.6 is 0 Å². The number of benzene rings is 2. The monoisotopic (exact) mass is 559 g/mol. The number of carbonyl (C=O) groups is 1.